The van der Waals surface area contributed by atoms with E-state index in [9.17, 15) is 9.59 Å². The molecule has 0 aliphatic heterocycles. The number of hydrogen-bond acceptors (Lipinski definition) is 3. The van der Waals surface area contributed by atoms with Crippen LogP contribution in [0.15, 0.2) is 127 Å². The summed E-state index contributed by atoms with van der Waals surface area (Å²) in [6, 6.07) is 36.9. The van der Waals surface area contributed by atoms with Gasteiger partial charge < -0.3 is 9.88 Å². The summed E-state index contributed by atoms with van der Waals surface area (Å²) in [6.07, 6.45) is 3.71. The van der Waals surface area contributed by atoms with E-state index in [4.69, 9.17) is 0 Å². The zero-order valence-corrected chi connectivity index (χ0v) is 23.3. The lowest BCUT2D eigenvalue weighted by atomic mass is 9.89. The molecule has 206 valence electrons. The number of hydrogen-bond donors (Lipinski definition) is 2. The molecule has 1 aromatic heterocycles. The minimum absolute atomic E-state index is 0.144. The molecule has 6 nitrogen and oxygen atoms in total. The van der Waals surface area contributed by atoms with Crippen molar-refractivity contribution in [2.45, 2.75) is 32.4 Å². The smallest absolute Gasteiger partial charge is 0.262 e. The van der Waals surface area contributed by atoms with Crippen molar-refractivity contribution < 1.29 is 9.59 Å². The number of fused-ring (bicyclic) bond motifs is 1. The molecular formula is C35H34N4O2. The third-order valence-electron chi connectivity index (χ3n) is 7.17. The average Bonchev–Trinajstić information content (AvgIpc) is 3.34. The van der Waals surface area contributed by atoms with Crippen LogP contribution in [0.5, 0.6) is 0 Å². The fourth-order valence-electron chi connectivity index (χ4n) is 5.08. The SMILES string of the molecule is CC(C)[C@@H](NC(=O)C(c1ccccc1)c1ccccc1)C(=O)N/N=C\c1cn(Cc2ccccc2)c2ccccc12. The Morgan fingerprint density at radius 3 is 1.93 bits per heavy atom. The molecule has 2 N–H and O–H groups in total. The first-order chi connectivity index (χ1) is 20.0. The minimum atomic E-state index is -0.756. The molecule has 0 saturated heterocycles. The summed E-state index contributed by atoms with van der Waals surface area (Å²) in [5, 5.41) is 8.33. The highest BCUT2D eigenvalue weighted by Crippen LogP contribution is 2.25. The number of carbonyl (C=O) groups is 2. The van der Waals surface area contributed by atoms with E-state index in [1.165, 1.54) is 5.56 Å². The molecule has 0 aliphatic rings. The second-order valence-corrected chi connectivity index (χ2v) is 10.4. The molecule has 0 radical (unpaired) electrons. The number of amides is 2. The van der Waals surface area contributed by atoms with Crippen molar-refractivity contribution >= 4 is 28.9 Å². The van der Waals surface area contributed by atoms with Gasteiger partial charge in [0.05, 0.1) is 12.1 Å². The van der Waals surface area contributed by atoms with Crippen molar-refractivity contribution in [1.29, 1.82) is 0 Å². The number of nitrogens with zero attached hydrogens (tertiary/aromatic N) is 2. The molecule has 0 fully saturated rings. The molecule has 0 spiro atoms. The standard InChI is InChI=1S/C35H34N4O2/c1-25(2)33(37-34(40)32(27-16-8-4-9-17-27)28-18-10-5-11-19-28)35(41)38-36-22-29-24-39(23-26-14-6-3-7-15-26)31-21-13-12-20-30(29)31/h3-22,24-25,32-33H,23H2,1-2H3,(H,37,40)(H,38,41)/b36-22-/t33-/m1/s1. The van der Waals surface area contributed by atoms with Gasteiger partial charge >= 0.3 is 0 Å². The van der Waals surface area contributed by atoms with Crippen LogP contribution in [0.25, 0.3) is 10.9 Å². The lowest BCUT2D eigenvalue weighted by Gasteiger charge is -2.24. The van der Waals surface area contributed by atoms with Crippen LogP contribution in [-0.4, -0.2) is 28.6 Å². The summed E-state index contributed by atoms with van der Waals surface area (Å²) in [5.74, 6) is -1.28. The van der Waals surface area contributed by atoms with Gasteiger partial charge in [0.1, 0.15) is 6.04 Å². The van der Waals surface area contributed by atoms with Gasteiger partial charge in [0.15, 0.2) is 0 Å². The number of nitrogens with one attached hydrogen (secondary N) is 2. The average molecular weight is 543 g/mol. The molecular weight excluding hydrogens is 508 g/mol. The number of rotatable bonds is 10. The Balaban J connectivity index is 1.32. The maximum absolute atomic E-state index is 13.6. The highest BCUT2D eigenvalue weighted by atomic mass is 16.2. The first-order valence-corrected chi connectivity index (χ1v) is 13.9. The molecule has 0 unspecified atom stereocenters. The van der Waals surface area contributed by atoms with E-state index >= 15 is 0 Å². The van der Waals surface area contributed by atoms with E-state index < -0.39 is 12.0 Å². The normalized spacial score (nSPS) is 12.2. The summed E-state index contributed by atoms with van der Waals surface area (Å²) in [7, 11) is 0. The second kappa shape index (κ2) is 12.9. The third kappa shape index (κ3) is 6.61. The molecule has 5 rings (SSSR count). The quantitative estimate of drug-likeness (QED) is 0.165. The molecule has 5 aromatic rings. The van der Waals surface area contributed by atoms with Crippen LogP contribution in [0.4, 0.5) is 0 Å². The summed E-state index contributed by atoms with van der Waals surface area (Å²) < 4.78 is 2.18. The van der Waals surface area contributed by atoms with Gasteiger partial charge in [-0.3, -0.25) is 9.59 Å². The number of carbonyl (C=O) groups excluding carboxylic acids is 2. The van der Waals surface area contributed by atoms with Crippen molar-refractivity contribution in [3.05, 3.63) is 144 Å². The van der Waals surface area contributed by atoms with E-state index in [0.29, 0.717) is 0 Å². The van der Waals surface area contributed by atoms with Crippen molar-refractivity contribution in [3.8, 4) is 0 Å². The lowest BCUT2D eigenvalue weighted by molar-refractivity contribution is -0.130. The monoisotopic (exact) mass is 542 g/mol. The van der Waals surface area contributed by atoms with Gasteiger partial charge in [-0.15, -0.1) is 0 Å². The molecule has 6 heteroatoms. The van der Waals surface area contributed by atoms with E-state index in [-0.39, 0.29) is 17.7 Å². The molecule has 0 saturated carbocycles. The molecule has 0 aliphatic carbocycles. The van der Waals surface area contributed by atoms with Gasteiger partial charge in [-0.1, -0.05) is 123 Å². The van der Waals surface area contributed by atoms with Gasteiger partial charge in [0, 0.05) is 29.2 Å². The van der Waals surface area contributed by atoms with Crippen LogP contribution in [0, 0.1) is 5.92 Å². The summed E-state index contributed by atoms with van der Waals surface area (Å²) in [6.45, 7) is 4.55. The van der Waals surface area contributed by atoms with Gasteiger partial charge in [-0.2, -0.15) is 5.10 Å². The van der Waals surface area contributed by atoms with E-state index in [1.54, 1.807) is 6.21 Å². The Hall–Kier alpha value is -4.97. The maximum atomic E-state index is 13.6. The molecule has 1 atom stereocenters. The third-order valence-corrected chi connectivity index (χ3v) is 7.17. The van der Waals surface area contributed by atoms with Crippen molar-refractivity contribution in [2.75, 3.05) is 0 Å². The van der Waals surface area contributed by atoms with Crippen LogP contribution in [0.1, 0.15) is 42.0 Å². The van der Waals surface area contributed by atoms with E-state index in [1.807, 2.05) is 117 Å². The summed E-state index contributed by atoms with van der Waals surface area (Å²) in [5.41, 5.74) is 7.58. The van der Waals surface area contributed by atoms with Crippen LogP contribution in [-0.2, 0) is 16.1 Å². The lowest BCUT2D eigenvalue weighted by Crippen LogP contribution is -2.50. The Morgan fingerprint density at radius 1 is 0.756 bits per heavy atom. The van der Waals surface area contributed by atoms with Crippen molar-refractivity contribution in [3.63, 3.8) is 0 Å². The predicted molar refractivity (Wildman–Crippen MR) is 165 cm³/mol. The van der Waals surface area contributed by atoms with Gasteiger partial charge in [0.2, 0.25) is 5.91 Å². The number of aromatic nitrogens is 1. The minimum Gasteiger partial charge on any atom is -0.343 e. The van der Waals surface area contributed by atoms with Crippen LogP contribution >= 0.6 is 0 Å². The van der Waals surface area contributed by atoms with Gasteiger partial charge in [0.25, 0.3) is 5.91 Å². The van der Waals surface area contributed by atoms with Crippen molar-refractivity contribution in [2.24, 2.45) is 11.0 Å². The summed E-state index contributed by atoms with van der Waals surface area (Å²) >= 11 is 0. The predicted octanol–water partition coefficient (Wildman–Crippen LogP) is 6.11. The Morgan fingerprint density at radius 2 is 1.32 bits per heavy atom. The van der Waals surface area contributed by atoms with Gasteiger partial charge in [-0.05, 0) is 28.7 Å². The molecule has 0 bridgehead atoms. The second-order valence-electron chi connectivity index (χ2n) is 10.4. The van der Waals surface area contributed by atoms with E-state index in [0.717, 1.165) is 34.1 Å². The number of hydrazone groups is 1. The van der Waals surface area contributed by atoms with Crippen LogP contribution in [0.3, 0.4) is 0 Å². The maximum Gasteiger partial charge on any atom is 0.262 e. The number of benzene rings is 4. The zero-order valence-electron chi connectivity index (χ0n) is 23.3. The zero-order chi connectivity index (χ0) is 28.6. The Bertz CT molecular complexity index is 1590. The van der Waals surface area contributed by atoms with E-state index in [2.05, 4.69) is 38.6 Å². The Kier molecular flexibility index (Phi) is 8.70. The van der Waals surface area contributed by atoms with Crippen LogP contribution in [0.2, 0.25) is 0 Å². The first-order valence-electron chi connectivity index (χ1n) is 13.9. The molecule has 1 heterocycles. The van der Waals surface area contributed by atoms with Gasteiger partial charge in [-0.25, -0.2) is 5.43 Å². The largest absolute Gasteiger partial charge is 0.343 e. The topological polar surface area (TPSA) is 75.5 Å². The highest BCUT2D eigenvalue weighted by Gasteiger charge is 2.29. The first kappa shape index (κ1) is 27.6. The van der Waals surface area contributed by atoms with Crippen LogP contribution < -0.4 is 10.7 Å². The van der Waals surface area contributed by atoms with Crippen molar-refractivity contribution in [1.82, 2.24) is 15.3 Å². The molecule has 2 amide bonds. The molecule has 4 aromatic carbocycles. The molecule has 41 heavy (non-hydrogen) atoms. The fourth-order valence-corrected chi connectivity index (χ4v) is 5.08. The fraction of sp³-hybridized carbons (Fsp3) is 0.171. The summed E-state index contributed by atoms with van der Waals surface area (Å²) in [4.78, 5) is 26.9. The highest BCUT2D eigenvalue weighted by molar-refractivity contribution is 6.00. The number of para-hydroxylation sites is 1. The Labute approximate surface area is 240 Å².